The maximum Gasteiger partial charge on any atom is 0.325 e. The third-order valence-corrected chi connectivity index (χ3v) is 3.11. The van der Waals surface area contributed by atoms with Crippen LogP contribution >= 0.6 is 0 Å². The van der Waals surface area contributed by atoms with Gasteiger partial charge in [0.1, 0.15) is 18.0 Å². The van der Waals surface area contributed by atoms with Gasteiger partial charge in [-0.3, -0.25) is 14.3 Å². The molecule has 0 aliphatic carbocycles. The molecule has 0 aliphatic heterocycles. The number of aromatic nitrogens is 2. The van der Waals surface area contributed by atoms with Crippen LogP contribution in [-0.2, 0) is 11.3 Å². The number of carboxylic acid groups (broad SMARTS) is 1. The van der Waals surface area contributed by atoms with E-state index in [-0.39, 0.29) is 24.2 Å². The Morgan fingerprint density at radius 2 is 2.18 bits per heavy atom. The first-order valence-corrected chi connectivity index (χ1v) is 6.69. The lowest BCUT2D eigenvalue weighted by Gasteiger charge is -2.14. The number of rotatable bonds is 6. The van der Waals surface area contributed by atoms with Gasteiger partial charge >= 0.3 is 5.97 Å². The molecule has 1 unspecified atom stereocenters. The SMILES string of the molecule is COc1cccc(C(C)NC(=O)c2ccn(CC(=O)O)n2)c1. The Hall–Kier alpha value is -2.83. The second-order valence-corrected chi connectivity index (χ2v) is 4.76. The summed E-state index contributed by atoms with van der Waals surface area (Å²) in [5, 5.41) is 15.4. The van der Waals surface area contributed by atoms with Gasteiger partial charge < -0.3 is 15.2 Å². The van der Waals surface area contributed by atoms with Crippen LogP contribution < -0.4 is 10.1 Å². The highest BCUT2D eigenvalue weighted by molar-refractivity contribution is 5.92. The summed E-state index contributed by atoms with van der Waals surface area (Å²) in [7, 11) is 1.58. The lowest BCUT2D eigenvalue weighted by molar-refractivity contribution is -0.137. The molecule has 7 nitrogen and oxygen atoms in total. The predicted molar refractivity (Wildman–Crippen MR) is 78.7 cm³/mol. The topological polar surface area (TPSA) is 93.5 Å². The zero-order valence-electron chi connectivity index (χ0n) is 12.3. The molecule has 7 heteroatoms. The molecule has 1 heterocycles. The molecule has 1 aromatic heterocycles. The highest BCUT2D eigenvalue weighted by Gasteiger charge is 2.15. The molecule has 22 heavy (non-hydrogen) atoms. The Morgan fingerprint density at radius 3 is 2.86 bits per heavy atom. The Labute approximate surface area is 127 Å². The summed E-state index contributed by atoms with van der Waals surface area (Å²) in [6, 6.07) is 8.65. The number of benzene rings is 1. The van der Waals surface area contributed by atoms with Crippen molar-refractivity contribution in [2.45, 2.75) is 19.5 Å². The van der Waals surface area contributed by atoms with Gasteiger partial charge in [0.05, 0.1) is 13.2 Å². The minimum atomic E-state index is -1.01. The van der Waals surface area contributed by atoms with Crippen molar-refractivity contribution in [3.05, 3.63) is 47.8 Å². The lowest BCUT2D eigenvalue weighted by Crippen LogP contribution is -2.27. The fraction of sp³-hybridized carbons (Fsp3) is 0.267. The summed E-state index contributed by atoms with van der Waals surface area (Å²) in [6.07, 6.45) is 1.46. The number of nitrogens with zero attached hydrogens (tertiary/aromatic N) is 2. The summed E-state index contributed by atoms with van der Waals surface area (Å²) in [5.41, 5.74) is 1.08. The van der Waals surface area contributed by atoms with Gasteiger partial charge in [-0.2, -0.15) is 5.10 Å². The second-order valence-electron chi connectivity index (χ2n) is 4.76. The van der Waals surface area contributed by atoms with Crippen LogP contribution in [0.25, 0.3) is 0 Å². The number of hydrogen-bond acceptors (Lipinski definition) is 4. The van der Waals surface area contributed by atoms with Gasteiger partial charge in [0, 0.05) is 6.20 Å². The molecule has 1 atom stereocenters. The molecule has 0 radical (unpaired) electrons. The van der Waals surface area contributed by atoms with Crippen molar-refractivity contribution < 1.29 is 19.4 Å². The number of carboxylic acids is 1. The van der Waals surface area contributed by atoms with E-state index < -0.39 is 5.97 Å². The number of aliphatic carboxylic acids is 1. The van der Waals surface area contributed by atoms with E-state index in [1.165, 1.54) is 16.9 Å². The van der Waals surface area contributed by atoms with Crippen LogP contribution in [0.5, 0.6) is 5.75 Å². The fourth-order valence-corrected chi connectivity index (χ4v) is 1.97. The van der Waals surface area contributed by atoms with Crippen LogP contribution in [0.4, 0.5) is 0 Å². The van der Waals surface area contributed by atoms with Crippen molar-refractivity contribution in [2.75, 3.05) is 7.11 Å². The molecule has 1 aromatic carbocycles. The summed E-state index contributed by atoms with van der Waals surface area (Å²) >= 11 is 0. The van der Waals surface area contributed by atoms with Crippen LogP contribution in [0.2, 0.25) is 0 Å². The molecule has 0 saturated carbocycles. The van der Waals surface area contributed by atoms with E-state index in [0.29, 0.717) is 5.75 Å². The van der Waals surface area contributed by atoms with Crippen molar-refractivity contribution in [3.8, 4) is 5.75 Å². The molecule has 2 N–H and O–H groups in total. The van der Waals surface area contributed by atoms with Crippen LogP contribution in [0.15, 0.2) is 36.5 Å². The van der Waals surface area contributed by atoms with Gasteiger partial charge in [-0.25, -0.2) is 0 Å². The Kier molecular flexibility index (Phi) is 4.77. The van der Waals surface area contributed by atoms with Crippen LogP contribution in [0.1, 0.15) is 29.0 Å². The number of ether oxygens (including phenoxy) is 1. The smallest absolute Gasteiger partial charge is 0.325 e. The largest absolute Gasteiger partial charge is 0.497 e. The van der Waals surface area contributed by atoms with Crippen molar-refractivity contribution in [3.63, 3.8) is 0 Å². The fourth-order valence-electron chi connectivity index (χ4n) is 1.97. The summed E-state index contributed by atoms with van der Waals surface area (Å²) in [4.78, 5) is 22.7. The molecule has 2 rings (SSSR count). The molecule has 0 fully saturated rings. The molecule has 2 aromatic rings. The molecule has 1 amide bonds. The number of carbonyl (C=O) groups is 2. The van der Waals surface area contributed by atoms with E-state index in [1.54, 1.807) is 7.11 Å². The average Bonchev–Trinajstić information content (AvgIpc) is 2.95. The van der Waals surface area contributed by atoms with Gasteiger partial charge in [0.15, 0.2) is 0 Å². The number of hydrogen-bond donors (Lipinski definition) is 2. The highest BCUT2D eigenvalue weighted by Crippen LogP contribution is 2.19. The minimum absolute atomic E-state index is 0.177. The van der Waals surface area contributed by atoms with Crippen molar-refractivity contribution in [1.29, 1.82) is 0 Å². The zero-order valence-corrected chi connectivity index (χ0v) is 12.3. The van der Waals surface area contributed by atoms with Gasteiger partial charge in [0.25, 0.3) is 5.91 Å². The number of nitrogens with one attached hydrogen (secondary N) is 1. The summed E-state index contributed by atoms with van der Waals surface area (Å²) in [5.74, 6) is -0.663. The first kappa shape index (κ1) is 15.6. The van der Waals surface area contributed by atoms with E-state index in [9.17, 15) is 9.59 Å². The maximum atomic E-state index is 12.1. The first-order valence-electron chi connectivity index (χ1n) is 6.69. The van der Waals surface area contributed by atoms with E-state index in [4.69, 9.17) is 9.84 Å². The summed E-state index contributed by atoms with van der Waals surface area (Å²) in [6.45, 7) is 1.57. The third-order valence-electron chi connectivity index (χ3n) is 3.11. The number of amides is 1. The number of carbonyl (C=O) groups excluding carboxylic acids is 1. The molecule has 116 valence electrons. The van der Waals surface area contributed by atoms with E-state index in [0.717, 1.165) is 5.56 Å². The van der Waals surface area contributed by atoms with Crippen molar-refractivity contribution >= 4 is 11.9 Å². The zero-order chi connectivity index (χ0) is 16.1. The molecule has 0 spiro atoms. The van der Waals surface area contributed by atoms with E-state index in [1.807, 2.05) is 31.2 Å². The Bertz CT molecular complexity index is 681. The molecule has 0 saturated heterocycles. The van der Waals surface area contributed by atoms with Crippen LogP contribution in [0.3, 0.4) is 0 Å². The van der Waals surface area contributed by atoms with Crippen LogP contribution in [-0.4, -0.2) is 33.9 Å². The van der Waals surface area contributed by atoms with Gasteiger partial charge in [-0.1, -0.05) is 12.1 Å². The minimum Gasteiger partial charge on any atom is -0.497 e. The van der Waals surface area contributed by atoms with Gasteiger partial charge in [-0.05, 0) is 30.7 Å². The van der Waals surface area contributed by atoms with Crippen molar-refractivity contribution in [1.82, 2.24) is 15.1 Å². The molecular weight excluding hydrogens is 286 g/mol. The first-order chi connectivity index (χ1) is 10.5. The standard InChI is InChI=1S/C15H17N3O4/c1-10(11-4-3-5-12(8-11)22-2)16-15(21)13-6-7-18(17-13)9-14(19)20/h3-8,10H,9H2,1-2H3,(H,16,21)(H,19,20). The third kappa shape index (κ3) is 3.85. The van der Waals surface area contributed by atoms with Gasteiger partial charge in [0.2, 0.25) is 0 Å². The molecule has 0 aliphatic rings. The maximum absolute atomic E-state index is 12.1. The Morgan fingerprint density at radius 1 is 1.41 bits per heavy atom. The van der Waals surface area contributed by atoms with E-state index >= 15 is 0 Å². The molecular formula is C15H17N3O4. The van der Waals surface area contributed by atoms with Gasteiger partial charge in [-0.15, -0.1) is 0 Å². The molecule has 0 bridgehead atoms. The Balaban J connectivity index is 2.04. The van der Waals surface area contributed by atoms with E-state index in [2.05, 4.69) is 10.4 Å². The predicted octanol–water partition coefficient (Wildman–Crippen LogP) is 1.47. The quantitative estimate of drug-likeness (QED) is 0.843. The highest BCUT2D eigenvalue weighted by atomic mass is 16.5. The monoisotopic (exact) mass is 303 g/mol. The summed E-state index contributed by atoms with van der Waals surface area (Å²) < 4.78 is 6.35. The second kappa shape index (κ2) is 6.75. The average molecular weight is 303 g/mol. The number of methoxy groups -OCH3 is 1. The van der Waals surface area contributed by atoms with Crippen LogP contribution in [0, 0.1) is 0 Å². The normalized spacial score (nSPS) is 11.7. The van der Waals surface area contributed by atoms with Crippen molar-refractivity contribution in [2.24, 2.45) is 0 Å². The lowest BCUT2D eigenvalue weighted by atomic mass is 10.1.